The first-order valence-corrected chi connectivity index (χ1v) is 14.8. The van der Waals surface area contributed by atoms with E-state index in [2.05, 4.69) is 152 Å². The van der Waals surface area contributed by atoms with E-state index in [4.69, 9.17) is 0 Å². The van der Waals surface area contributed by atoms with Gasteiger partial charge in [0.15, 0.2) is 0 Å². The molecular formula is C39H29BN2. The molecule has 0 spiro atoms. The van der Waals surface area contributed by atoms with E-state index in [1.54, 1.807) is 0 Å². The zero-order chi connectivity index (χ0) is 28.1. The number of rotatable bonds is 2. The third-order valence-corrected chi connectivity index (χ3v) is 9.35. The van der Waals surface area contributed by atoms with Gasteiger partial charge < -0.3 is 9.47 Å². The molecule has 198 valence electrons. The van der Waals surface area contributed by atoms with E-state index < -0.39 is 0 Å². The van der Waals surface area contributed by atoms with Gasteiger partial charge in [0.05, 0.1) is 11.0 Å². The first-order valence-electron chi connectivity index (χ1n) is 14.8. The average molecular weight is 536 g/mol. The molecule has 3 heteroatoms. The maximum absolute atomic E-state index is 2.50. The van der Waals surface area contributed by atoms with Crippen molar-refractivity contribution in [3.63, 3.8) is 0 Å². The van der Waals surface area contributed by atoms with Gasteiger partial charge in [0.25, 0.3) is 0 Å². The summed E-state index contributed by atoms with van der Waals surface area (Å²) in [7, 11) is 0. The predicted octanol–water partition coefficient (Wildman–Crippen LogP) is 7.99. The van der Waals surface area contributed by atoms with Crippen LogP contribution in [0.2, 0.25) is 0 Å². The molecule has 0 aliphatic carbocycles. The number of hydrogen-bond donors (Lipinski definition) is 0. The van der Waals surface area contributed by atoms with Gasteiger partial charge in [-0.1, -0.05) is 101 Å². The molecular weight excluding hydrogens is 507 g/mol. The maximum Gasteiger partial charge on any atom is 0.248 e. The minimum atomic E-state index is 0.216. The normalized spacial score (nSPS) is 13.0. The van der Waals surface area contributed by atoms with E-state index in [9.17, 15) is 0 Å². The van der Waals surface area contributed by atoms with E-state index >= 15 is 0 Å². The summed E-state index contributed by atoms with van der Waals surface area (Å²) in [4.78, 5) is 2.50. The minimum absolute atomic E-state index is 0.216. The van der Waals surface area contributed by atoms with Crippen molar-refractivity contribution in [1.29, 1.82) is 0 Å². The van der Waals surface area contributed by atoms with Crippen LogP contribution in [0.5, 0.6) is 0 Å². The predicted molar refractivity (Wildman–Crippen MR) is 180 cm³/mol. The van der Waals surface area contributed by atoms with E-state index in [0.717, 1.165) is 0 Å². The molecule has 0 saturated heterocycles. The molecule has 0 radical (unpaired) electrons. The van der Waals surface area contributed by atoms with Crippen LogP contribution < -0.4 is 21.3 Å². The second-order valence-corrected chi connectivity index (χ2v) is 12.1. The number of nitrogens with zero attached hydrogens (tertiary/aromatic N) is 2. The lowest BCUT2D eigenvalue weighted by Gasteiger charge is -2.36. The number of anilines is 3. The highest BCUT2D eigenvalue weighted by Gasteiger charge is 2.43. The first-order chi connectivity index (χ1) is 20.6. The molecule has 6 aromatic carbocycles. The number of fused-ring (bicyclic) bond motifs is 8. The summed E-state index contributed by atoms with van der Waals surface area (Å²) < 4.78 is 2.46. The molecule has 0 bridgehead atoms. The van der Waals surface area contributed by atoms with Crippen molar-refractivity contribution >= 4 is 62.0 Å². The van der Waals surface area contributed by atoms with Gasteiger partial charge in [-0.05, 0) is 85.3 Å². The largest absolute Gasteiger partial charge is 0.311 e. The van der Waals surface area contributed by atoms with Gasteiger partial charge in [-0.3, -0.25) is 0 Å². The van der Waals surface area contributed by atoms with Crippen molar-refractivity contribution in [2.24, 2.45) is 0 Å². The van der Waals surface area contributed by atoms with E-state index in [0.29, 0.717) is 0 Å². The summed E-state index contributed by atoms with van der Waals surface area (Å²) in [6.07, 6.45) is 0. The second-order valence-electron chi connectivity index (χ2n) is 12.1. The summed E-state index contributed by atoms with van der Waals surface area (Å²) in [5, 5.41) is 2.57. The smallest absolute Gasteiger partial charge is 0.248 e. The van der Waals surface area contributed by atoms with Gasteiger partial charge in [0.1, 0.15) is 0 Å². The minimum Gasteiger partial charge on any atom is -0.311 e. The molecule has 3 heterocycles. The van der Waals surface area contributed by atoms with Crippen LogP contribution in [-0.4, -0.2) is 11.3 Å². The summed E-state index contributed by atoms with van der Waals surface area (Å²) in [5.41, 5.74) is 18.2. The monoisotopic (exact) mass is 536 g/mol. The first kappa shape index (κ1) is 23.7. The molecule has 2 aliphatic heterocycles. The van der Waals surface area contributed by atoms with Crippen molar-refractivity contribution < 1.29 is 0 Å². The summed E-state index contributed by atoms with van der Waals surface area (Å²) in [5.74, 6) is 0. The van der Waals surface area contributed by atoms with Crippen LogP contribution in [0.4, 0.5) is 17.1 Å². The van der Waals surface area contributed by atoms with Crippen LogP contribution in [0.25, 0.3) is 38.6 Å². The third-order valence-electron chi connectivity index (χ3n) is 9.35. The highest BCUT2D eigenvalue weighted by Crippen LogP contribution is 2.43. The van der Waals surface area contributed by atoms with Crippen molar-refractivity contribution in [2.75, 3.05) is 4.90 Å². The molecule has 0 fully saturated rings. The Morgan fingerprint density at radius 2 is 1.10 bits per heavy atom. The van der Waals surface area contributed by atoms with Gasteiger partial charge >= 0.3 is 0 Å². The Kier molecular flexibility index (Phi) is 4.79. The molecule has 0 N–H and O–H groups in total. The molecule has 42 heavy (non-hydrogen) atoms. The SMILES string of the molecule is Cc1ccc(N2c3ccc(C)cc3B3c4cc(C)ccc4-c4cc(-n5c6ccccc6c6ccccc65)cc2c43)cc1. The molecule has 0 amide bonds. The Bertz CT molecular complexity index is 2190. The molecule has 0 unspecified atom stereocenters. The van der Waals surface area contributed by atoms with E-state index in [1.807, 2.05) is 0 Å². The number of para-hydroxylation sites is 2. The number of aromatic nitrogens is 1. The fourth-order valence-electron chi connectivity index (χ4n) is 7.52. The van der Waals surface area contributed by atoms with Gasteiger partial charge in [-0.25, -0.2) is 0 Å². The Morgan fingerprint density at radius 1 is 0.476 bits per heavy atom. The quantitative estimate of drug-likeness (QED) is 0.203. The highest BCUT2D eigenvalue weighted by atomic mass is 15.2. The van der Waals surface area contributed by atoms with E-state index in [-0.39, 0.29) is 6.71 Å². The van der Waals surface area contributed by atoms with Gasteiger partial charge in [-0.15, -0.1) is 0 Å². The van der Waals surface area contributed by atoms with Crippen LogP contribution in [0.3, 0.4) is 0 Å². The molecule has 0 saturated carbocycles. The average Bonchev–Trinajstić information content (AvgIpc) is 3.51. The standard InChI is InChI=1S/C39H29BN2/c1-24-12-16-27(17-13-24)41-37-19-15-26(3)21-34(37)40-33-20-25(2)14-18-29(33)32-22-28(23-38(41)39(32)40)42-35-10-6-4-8-30(35)31-9-5-7-11-36(31)42/h4-23H,1-3H3. The van der Waals surface area contributed by atoms with Gasteiger partial charge in [0, 0.05) is 33.5 Å². The van der Waals surface area contributed by atoms with Crippen LogP contribution in [0, 0.1) is 20.8 Å². The Morgan fingerprint density at radius 3 is 1.81 bits per heavy atom. The maximum atomic E-state index is 2.50. The summed E-state index contributed by atoms with van der Waals surface area (Å²) >= 11 is 0. The van der Waals surface area contributed by atoms with E-state index in [1.165, 1.54) is 88.8 Å². The van der Waals surface area contributed by atoms with Gasteiger partial charge in [0.2, 0.25) is 6.71 Å². The lowest BCUT2D eigenvalue weighted by atomic mass is 9.37. The number of aryl methyl sites for hydroxylation is 3. The van der Waals surface area contributed by atoms with Gasteiger partial charge in [-0.2, -0.15) is 0 Å². The molecule has 9 rings (SSSR count). The highest BCUT2D eigenvalue weighted by molar-refractivity contribution is 7.01. The fraction of sp³-hybridized carbons (Fsp3) is 0.0769. The zero-order valence-corrected chi connectivity index (χ0v) is 24.0. The van der Waals surface area contributed by atoms with Crippen LogP contribution in [0.1, 0.15) is 16.7 Å². The Balaban J connectivity index is 1.43. The molecule has 1 aromatic heterocycles. The van der Waals surface area contributed by atoms with Crippen molar-refractivity contribution in [3.8, 4) is 16.8 Å². The van der Waals surface area contributed by atoms with Crippen molar-refractivity contribution in [3.05, 3.63) is 138 Å². The fourth-order valence-corrected chi connectivity index (χ4v) is 7.52. The third kappa shape index (κ3) is 3.17. The molecule has 7 aromatic rings. The molecule has 2 aliphatic rings. The Labute approximate surface area is 246 Å². The summed E-state index contributed by atoms with van der Waals surface area (Å²) in [6.45, 7) is 6.80. The number of hydrogen-bond acceptors (Lipinski definition) is 1. The van der Waals surface area contributed by atoms with Crippen LogP contribution in [-0.2, 0) is 0 Å². The lowest BCUT2D eigenvalue weighted by Crippen LogP contribution is -2.54. The van der Waals surface area contributed by atoms with Crippen molar-refractivity contribution in [2.45, 2.75) is 20.8 Å². The van der Waals surface area contributed by atoms with Crippen LogP contribution in [0.15, 0.2) is 121 Å². The number of benzene rings is 6. The lowest BCUT2D eigenvalue weighted by molar-refractivity contribution is 1.17. The summed E-state index contributed by atoms with van der Waals surface area (Å²) in [6, 6.07) is 45.5. The zero-order valence-electron chi connectivity index (χ0n) is 24.0. The Hall–Kier alpha value is -5.02. The van der Waals surface area contributed by atoms with Crippen LogP contribution >= 0.6 is 0 Å². The topological polar surface area (TPSA) is 8.17 Å². The second kappa shape index (κ2) is 8.50. The molecule has 2 nitrogen and oxygen atoms in total. The molecule has 0 atom stereocenters. The van der Waals surface area contributed by atoms with Crippen molar-refractivity contribution in [1.82, 2.24) is 4.57 Å².